The molecule has 7 nitrogen and oxygen atoms in total. The van der Waals surface area contributed by atoms with Gasteiger partial charge in [-0.15, -0.1) is 6.42 Å². The summed E-state index contributed by atoms with van der Waals surface area (Å²) < 4.78 is 53.9. The fourth-order valence-corrected chi connectivity index (χ4v) is 8.26. The number of fused-ring (bicyclic) bond motifs is 6. The zero-order chi connectivity index (χ0) is 31.1. The van der Waals surface area contributed by atoms with E-state index in [0.717, 1.165) is 38.8 Å². The Labute approximate surface area is 259 Å². The molecule has 4 aromatic rings. The van der Waals surface area contributed by atoms with Gasteiger partial charge in [-0.1, -0.05) is 18.1 Å². The van der Waals surface area contributed by atoms with E-state index >= 15 is 8.78 Å². The summed E-state index contributed by atoms with van der Waals surface area (Å²) in [5.41, 5.74) is -0.463. The molecular formula is C35H34F3N5O2. The number of rotatable bonds is 5. The number of alkyl halides is 1. The van der Waals surface area contributed by atoms with E-state index in [-0.39, 0.29) is 52.0 Å². The molecule has 5 aliphatic rings. The molecule has 9 rings (SSSR count). The van der Waals surface area contributed by atoms with Crippen LogP contribution in [0.5, 0.6) is 11.8 Å². The fourth-order valence-electron chi connectivity index (χ4n) is 8.26. The highest BCUT2D eigenvalue weighted by molar-refractivity contribution is 6.04. The maximum atomic E-state index is 16.9. The Kier molecular flexibility index (Phi) is 6.45. The zero-order valence-corrected chi connectivity index (χ0v) is 25.0. The number of aromatic nitrogens is 2. The zero-order valence-electron chi connectivity index (χ0n) is 25.0. The Morgan fingerprint density at radius 1 is 1.20 bits per heavy atom. The van der Waals surface area contributed by atoms with E-state index in [0.29, 0.717) is 41.7 Å². The molecule has 0 spiro atoms. The predicted molar refractivity (Wildman–Crippen MR) is 167 cm³/mol. The summed E-state index contributed by atoms with van der Waals surface area (Å²) in [6, 6.07) is 9.35. The molecule has 232 valence electrons. The lowest BCUT2D eigenvalue weighted by Crippen LogP contribution is -2.67. The summed E-state index contributed by atoms with van der Waals surface area (Å²) in [7, 11) is 0. The van der Waals surface area contributed by atoms with Crippen LogP contribution in [0, 0.1) is 24.0 Å². The molecule has 0 radical (unpaired) electrons. The lowest BCUT2D eigenvalue weighted by Gasteiger charge is -2.52. The van der Waals surface area contributed by atoms with Gasteiger partial charge in [-0.3, -0.25) is 4.90 Å². The second kappa shape index (κ2) is 10.2. The van der Waals surface area contributed by atoms with Crippen molar-refractivity contribution in [1.82, 2.24) is 20.2 Å². The van der Waals surface area contributed by atoms with Crippen molar-refractivity contribution in [1.29, 1.82) is 0 Å². The molecule has 2 unspecified atom stereocenters. The smallest absolute Gasteiger partial charge is 0.319 e. The van der Waals surface area contributed by atoms with Crippen molar-refractivity contribution in [2.24, 2.45) is 0 Å². The first kappa shape index (κ1) is 28.4. The number of piperazine rings is 1. The fraction of sp³-hybridized carbons (Fsp3) is 0.429. The predicted octanol–water partition coefficient (Wildman–Crippen LogP) is 5.70. The number of ether oxygens (including phenoxy) is 1. The van der Waals surface area contributed by atoms with Gasteiger partial charge >= 0.3 is 6.01 Å². The number of terminal acetylenes is 1. The highest BCUT2D eigenvalue weighted by Crippen LogP contribution is 2.44. The maximum absolute atomic E-state index is 16.9. The third-order valence-electron chi connectivity index (χ3n) is 10.5. The lowest BCUT2D eigenvalue weighted by atomic mass is 9.82. The van der Waals surface area contributed by atoms with E-state index in [4.69, 9.17) is 16.1 Å². The monoisotopic (exact) mass is 613 g/mol. The standard InChI is InChI=1S/C35H34F3N5O2/c1-3-20-6-4-7-21-12-24(44)13-25(28(20)21)29-27(37)14-26-31(30(29)38)40-33(45-19-35-9-5-11-42(35)17-22(36)15-35)41-32(26)43-18-34(2)10-8-23(43)16-39-34/h1,4,6-7,12-14,22-23,39,44H,5,8-11,15-19H2,2H3/t22-,23?,34?,35+/m1/s1. The summed E-state index contributed by atoms with van der Waals surface area (Å²) in [6.45, 7) is 4.85. The lowest BCUT2D eigenvalue weighted by molar-refractivity contribution is 0.107. The van der Waals surface area contributed by atoms with Crippen LogP contribution < -0.4 is 15.0 Å². The Bertz CT molecular complexity index is 1900. The van der Waals surface area contributed by atoms with Gasteiger partial charge in [-0.2, -0.15) is 9.97 Å². The number of phenols is 1. The first-order chi connectivity index (χ1) is 21.7. The topological polar surface area (TPSA) is 73.8 Å². The van der Waals surface area contributed by atoms with Crippen molar-refractivity contribution >= 4 is 27.5 Å². The normalized spacial score (nSPS) is 27.8. The molecule has 10 heteroatoms. The Hall–Kier alpha value is -4.07. The molecular weight excluding hydrogens is 579 g/mol. The Balaban J connectivity index is 1.31. The van der Waals surface area contributed by atoms with Gasteiger partial charge in [-0.25, -0.2) is 13.2 Å². The number of piperidine rings is 2. The summed E-state index contributed by atoms with van der Waals surface area (Å²) >= 11 is 0. The minimum atomic E-state index is -0.924. The molecule has 4 atom stereocenters. The number of aromatic hydroxyl groups is 1. The van der Waals surface area contributed by atoms with Crippen LogP contribution >= 0.6 is 0 Å². The summed E-state index contributed by atoms with van der Waals surface area (Å²) in [6.07, 6.45) is 8.89. The van der Waals surface area contributed by atoms with E-state index in [1.54, 1.807) is 18.2 Å². The van der Waals surface area contributed by atoms with Crippen LogP contribution in [0.25, 0.3) is 32.8 Å². The maximum Gasteiger partial charge on any atom is 0.319 e. The van der Waals surface area contributed by atoms with E-state index in [1.165, 1.54) is 18.2 Å². The molecule has 0 amide bonds. The minimum absolute atomic E-state index is 0.0258. The number of hydrogen-bond donors (Lipinski definition) is 2. The minimum Gasteiger partial charge on any atom is -0.508 e. The van der Waals surface area contributed by atoms with Crippen LogP contribution in [0.1, 0.15) is 44.6 Å². The van der Waals surface area contributed by atoms with Gasteiger partial charge in [-0.05, 0) is 68.8 Å². The molecule has 0 aliphatic carbocycles. The number of halogens is 3. The third kappa shape index (κ3) is 4.50. The largest absolute Gasteiger partial charge is 0.508 e. The average molecular weight is 614 g/mol. The van der Waals surface area contributed by atoms with Gasteiger partial charge in [0.15, 0.2) is 5.82 Å². The summed E-state index contributed by atoms with van der Waals surface area (Å²) in [4.78, 5) is 13.6. The number of phenolic OH excluding ortho intramolecular Hbond substituents is 1. The molecule has 2 N–H and O–H groups in total. The van der Waals surface area contributed by atoms with Gasteiger partial charge in [0.2, 0.25) is 0 Å². The van der Waals surface area contributed by atoms with Crippen LogP contribution in [-0.4, -0.2) is 76.1 Å². The van der Waals surface area contributed by atoms with Gasteiger partial charge < -0.3 is 20.1 Å². The van der Waals surface area contributed by atoms with Crippen LogP contribution in [-0.2, 0) is 0 Å². The highest BCUT2D eigenvalue weighted by atomic mass is 19.1. The Morgan fingerprint density at radius 2 is 2.07 bits per heavy atom. The van der Waals surface area contributed by atoms with Gasteiger partial charge in [0, 0.05) is 59.5 Å². The van der Waals surface area contributed by atoms with Crippen molar-refractivity contribution in [2.45, 2.75) is 62.3 Å². The van der Waals surface area contributed by atoms with Crippen molar-refractivity contribution in [3.05, 3.63) is 53.6 Å². The summed E-state index contributed by atoms with van der Waals surface area (Å²) in [5, 5.41) is 15.4. The number of nitrogens with zero attached hydrogens (tertiary/aromatic N) is 4. The van der Waals surface area contributed by atoms with E-state index in [1.807, 2.05) is 0 Å². The van der Waals surface area contributed by atoms with Crippen LogP contribution in [0.3, 0.4) is 0 Å². The molecule has 5 fully saturated rings. The van der Waals surface area contributed by atoms with E-state index in [9.17, 15) is 9.50 Å². The first-order valence-electron chi connectivity index (χ1n) is 15.6. The van der Waals surface area contributed by atoms with Crippen molar-refractivity contribution in [2.75, 3.05) is 37.7 Å². The number of hydrogen-bond acceptors (Lipinski definition) is 7. The molecule has 1 aromatic heterocycles. The van der Waals surface area contributed by atoms with Crippen LogP contribution in [0.15, 0.2) is 36.4 Å². The highest BCUT2D eigenvalue weighted by Gasteiger charge is 2.49. The number of benzene rings is 3. The summed E-state index contributed by atoms with van der Waals surface area (Å²) in [5.74, 6) is 1.16. The molecule has 45 heavy (non-hydrogen) atoms. The molecule has 2 bridgehead atoms. The van der Waals surface area contributed by atoms with Crippen LogP contribution in [0.4, 0.5) is 19.0 Å². The average Bonchev–Trinajstić information content (AvgIpc) is 3.55. The first-order valence-corrected chi connectivity index (χ1v) is 15.6. The van der Waals surface area contributed by atoms with Crippen LogP contribution in [0.2, 0.25) is 0 Å². The van der Waals surface area contributed by atoms with Gasteiger partial charge in [0.05, 0.1) is 11.1 Å². The van der Waals surface area contributed by atoms with Gasteiger partial charge in [0.25, 0.3) is 0 Å². The van der Waals surface area contributed by atoms with E-state index in [2.05, 4.69) is 32.9 Å². The Morgan fingerprint density at radius 3 is 2.84 bits per heavy atom. The quantitative estimate of drug-likeness (QED) is 0.280. The third-order valence-corrected chi connectivity index (χ3v) is 10.5. The molecule has 0 saturated carbocycles. The second-order valence-electron chi connectivity index (χ2n) is 13.4. The molecule has 5 aliphatic heterocycles. The van der Waals surface area contributed by atoms with E-state index < -0.39 is 23.3 Å². The second-order valence-corrected chi connectivity index (χ2v) is 13.4. The molecule has 6 heterocycles. The van der Waals surface area contributed by atoms with Crippen molar-refractivity contribution in [3.63, 3.8) is 0 Å². The number of anilines is 1. The molecule has 3 aromatic carbocycles. The van der Waals surface area contributed by atoms with Gasteiger partial charge in [0.1, 0.15) is 35.7 Å². The SMILES string of the molecule is C#Cc1cccc2cc(O)cc(-c3c(F)cc4c(N5CC6(C)CCC5CN6)nc(OC[C@@]56CCCN5C[C@H](F)C6)nc4c3F)c12. The van der Waals surface area contributed by atoms with Crippen molar-refractivity contribution in [3.8, 4) is 35.2 Å². The molecule has 5 saturated heterocycles. The number of nitrogens with one attached hydrogen (secondary N) is 1. The van der Waals surface area contributed by atoms with Crippen molar-refractivity contribution < 1.29 is 23.0 Å².